The van der Waals surface area contributed by atoms with Crippen LogP contribution in [-0.2, 0) is 10.8 Å². The number of amides is 2. The van der Waals surface area contributed by atoms with Gasteiger partial charge in [0.2, 0.25) is 0 Å². The highest BCUT2D eigenvalue weighted by atomic mass is 32.1. The molecule has 3 nitrogen and oxygen atoms in total. The van der Waals surface area contributed by atoms with Gasteiger partial charge in [0, 0.05) is 40.2 Å². The Balaban J connectivity index is 1.59. The summed E-state index contributed by atoms with van der Waals surface area (Å²) in [5.41, 5.74) is 3.72. The van der Waals surface area contributed by atoms with Gasteiger partial charge in [-0.1, -0.05) is 41.5 Å². The SMILES string of the molecule is CCC(C)(C)c1sc(-c2sc(-c3ccc(-c4cc(C)c(C(C)(C)C)s4)s3)cc2C)c2c1C(=O)N(C(C)C)C2=O. The highest BCUT2D eigenvalue weighted by molar-refractivity contribution is 7.28. The molecule has 39 heavy (non-hydrogen) atoms. The number of carbonyl (C=O) groups excluding carboxylic acids is 2. The molecule has 7 heteroatoms. The second-order valence-corrected chi connectivity index (χ2v) is 16.7. The van der Waals surface area contributed by atoms with Crippen LogP contribution in [0.5, 0.6) is 0 Å². The van der Waals surface area contributed by atoms with E-state index in [0.717, 1.165) is 26.6 Å². The molecule has 4 aromatic rings. The Hall–Kier alpha value is -2.06. The molecule has 0 aromatic carbocycles. The van der Waals surface area contributed by atoms with Crippen LogP contribution in [0.15, 0.2) is 24.3 Å². The first kappa shape index (κ1) is 28.5. The molecule has 0 aliphatic carbocycles. The zero-order valence-corrected chi connectivity index (χ0v) is 27.8. The van der Waals surface area contributed by atoms with Crippen LogP contribution < -0.4 is 0 Å². The van der Waals surface area contributed by atoms with Crippen LogP contribution in [0.25, 0.3) is 29.3 Å². The molecule has 0 radical (unpaired) electrons. The van der Waals surface area contributed by atoms with Gasteiger partial charge in [0.25, 0.3) is 11.8 Å². The van der Waals surface area contributed by atoms with E-state index in [1.807, 2.05) is 36.5 Å². The highest BCUT2D eigenvalue weighted by Gasteiger charge is 2.45. The van der Waals surface area contributed by atoms with Crippen LogP contribution in [0.2, 0.25) is 0 Å². The molecule has 4 aromatic heterocycles. The number of aryl methyl sites for hydroxylation is 2. The largest absolute Gasteiger partial charge is 0.272 e. The summed E-state index contributed by atoms with van der Waals surface area (Å²) in [6, 6.07) is 8.85. The molecule has 0 bridgehead atoms. The highest BCUT2D eigenvalue weighted by Crippen LogP contribution is 2.52. The molecular formula is C32H37NO2S4. The monoisotopic (exact) mass is 595 g/mol. The lowest BCUT2D eigenvalue weighted by Crippen LogP contribution is -2.36. The minimum atomic E-state index is -0.183. The van der Waals surface area contributed by atoms with Crippen molar-refractivity contribution in [1.29, 1.82) is 0 Å². The maximum absolute atomic E-state index is 13.6. The Morgan fingerprint density at radius 3 is 1.82 bits per heavy atom. The lowest BCUT2D eigenvalue weighted by molar-refractivity contribution is 0.0608. The van der Waals surface area contributed by atoms with Gasteiger partial charge < -0.3 is 0 Å². The van der Waals surface area contributed by atoms with Crippen molar-refractivity contribution in [2.75, 3.05) is 0 Å². The van der Waals surface area contributed by atoms with E-state index in [9.17, 15) is 9.59 Å². The van der Waals surface area contributed by atoms with Crippen molar-refractivity contribution in [3.8, 4) is 29.3 Å². The van der Waals surface area contributed by atoms with Crippen molar-refractivity contribution in [3.63, 3.8) is 0 Å². The number of hydrogen-bond donors (Lipinski definition) is 0. The van der Waals surface area contributed by atoms with E-state index in [-0.39, 0.29) is 28.7 Å². The minimum Gasteiger partial charge on any atom is -0.272 e. The van der Waals surface area contributed by atoms with E-state index in [0.29, 0.717) is 11.1 Å². The van der Waals surface area contributed by atoms with E-state index in [2.05, 4.69) is 79.7 Å². The summed E-state index contributed by atoms with van der Waals surface area (Å²) >= 11 is 7.11. The van der Waals surface area contributed by atoms with Gasteiger partial charge in [0.1, 0.15) is 0 Å². The first-order valence-electron chi connectivity index (χ1n) is 13.5. The molecule has 0 saturated carbocycles. The van der Waals surface area contributed by atoms with E-state index in [4.69, 9.17) is 0 Å². The van der Waals surface area contributed by atoms with Crippen LogP contribution in [0.1, 0.15) is 103 Å². The fourth-order valence-corrected chi connectivity index (χ4v) is 10.4. The van der Waals surface area contributed by atoms with Crippen molar-refractivity contribution < 1.29 is 9.59 Å². The van der Waals surface area contributed by atoms with Gasteiger partial charge in [0.05, 0.1) is 16.0 Å². The van der Waals surface area contributed by atoms with Gasteiger partial charge in [0.15, 0.2) is 0 Å². The van der Waals surface area contributed by atoms with E-state index in [1.54, 1.807) is 22.7 Å². The lowest BCUT2D eigenvalue weighted by Gasteiger charge is -2.24. The molecule has 5 heterocycles. The summed E-state index contributed by atoms with van der Waals surface area (Å²) < 4.78 is 0. The van der Waals surface area contributed by atoms with Crippen LogP contribution >= 0.6 is 45.3 Å². The van der Waals surface area contributed by atoms with Crippen molar-refractivity contribution in [2.24, 2.45) is 0 Å². The number of fused-ring (bicyclic) bond motifs is 1. The van der Waals surface area contributed by atoms with Gasteiger partial charge >= 0.3 is 0 Å². The summed E-state index contributed by atoms with van der Waals surface area (Å²) in [6.45, 7) is 21.5. The number of carbonyl (C=O) groups is 2. The fraction of sp³-hybridized carbons (Fsp3) is 0.438. The smallest absolute Gasteiger partial charge is 0.263 e. The fourth-order valence-electron chi connectivity index (χ4n) is 5.22. The summed E-state index contributed by atoms with van der Waals surface area (Å²) in [5, 5.41) is 0. The Morgan fingerprint density at radius 2 is 1.28 bits per heavy atom. The zero-order valence-electron chi connectivity index (χ0n) is 24.5. The third-order valence-corrected chi connectivity index (χ3v) is 13.7. The van der Waals surface area contributed by atoms with Gasteiger partial charge in [-0.15, -0.1) is 45.3 Å². The topological polar surface area (TPSA) is 37.4 Å². The molecule has 0 fully saturated rings. The molecule has 1 aliphatic heterocycles. The molecule has 0 spiro atoms. The van der Waals surface area contributed by atoms with Gasteiger partial charge in [-0.25, -0.2) is 0 Å². The van der Waals surface area contributed by atoms with Crippen LogP contribution in [-0.4, -0.2) is 22.8 Å². The van der Waals surface area contributed by atoms with E-state index in [1.165, 1.54) is 34.8 Å². The second kappa shape index (κ2) is 9.79. The number of imide groups is 1. The summed E-state index contributed by atoms with van der Waals surface area (Å²) in [7, 11) is 0. The van der Waals surface area contributed by atoms with Crippen molar-refractivity contribution in [2.45, 2.75) is 92.5 Å². The molecule has 5 rings (SSSR count). The third kappa shape index (κ3) is 4.69. The molecule has 0 N–H and O–H groups in total. The number of thiophene rings is 4. The molecular weight excluding hydrogens is 559 g/mol. The zero-order chi connectivity index (χ0) is 28.6. The molecule has 206 valence electrons. The first-order chi connectivity index (χ1) is 18.2. The van der Waals surface area contributed by atoms with Crippen molar-refractivity contribution in [1.82, 2.24) is 4.90 Å². The number of hydrogen-bond acceptors (Lipinski definition) is 6. The van der Waals surface area contributed by atoms with Crippen LogP contribution in [0.3, 0.4) is 0 Å². The van der Waals surface area contributed by atoms with Crippen LogP contribution in [0, 0.1) is 13.8 Å². The first-order valence-corrected chi connectivity index (χ1v) is 16.8. The van der Waals surface area contributed by atoms with Gasteiger partial charge in [-0.2, -0.15) is 0 Å². The molecule has 2 amide bonds. The lowest BCUT2D eigenvalue weighted by atomic mass is 9.85. The maximum atomic E-state index is 13.6. The maximum Gasteiger partial charge on any atom is 0.263 e. The molecule has 0 atom stereocenters. The van der Waals surface area contributed by atoms with Crippen molar-refractivity contribution in [3.05, 3.63) is 56.3 Å². The molecule has 0 unspecified atom stereocenters. The predicted molar refractivity (Wildman–Crippen MR) is 171 cm³/mol. The van der Waals surface area contributed by atoms with Crippen molar-refractivity contribution >= 4 is 57.2 Å². The molecule has 1 aliphatic rings. The average molecular weight is 596 g/mol. The number of nitrogens with zero attached hydrogens (tertiary/aromatic N) is 1. The van der Waals surface area contributed by atoms with Crippen LogP contribution in [0.4, 0.5) is 0 Å². The minimum absolute atomic E-state index is 0.137. The molecule has 0 saturated heterocycles. The third-order valence-electron chi connectivity index (χ3n) is 7.60. The normalized spacial score (nSPS) is 14.3. The van der Waals surface area contributed by atoms with E-state index >= 15 is 0 Å². The Labute approximate surface area is 248 Å². The van der Waals surface area contributed by atoms with E-state index < -0.39 is 0 Å². The summed E-state index contributed by atoms with van der Waals surface area (Å²) in [6.07, 6.45) is 0.897. The summed E-state index contributed by atoms with van der Waals surface area (Å²) in [5.74, 6) is -0.285. The average Bonchev–Trinajstić information content (AvgIpc) is 3.63. The standard InChI is InChI=1S/C32H37NO2S4/c1-11-32(9,10)28-24-23(29(34)33(16(2)3)30(24)35)26(39-28)25-17(4)14-21(37-25)19-12-13-20(36-19)22-15-18(5)27(38-22)31(6,7)8/h12-16H,11H2,1-10H3. The van der Waals surface area contributed by atoms with Gasteiger partial charge in [-0.3, -0.25) is 14.5 Å². The quantitative estimate of drug-likeness (QED) is 0.208. The Kier molecular flexibility index (Phi) is 7.15. The Morgan fingerprint density at radius 1 is 0.718 bits per heavy atom. The second-order valence-electron chi connectivity index (χ2n) is 12.5. The number of rotatable bonds is 6. The predicted octanol–water partition coefficient (Wildman–Crippen LogP) is 10.5. The summed E-state index contributed by atoms with van der Waals surface area (Å²) in [4.78, 5) is 38.2. The van der Waals surface area contributed by atoms with Gasteiger partial charge in [-0.05, 0) is 80.3 Å². The Bertz CT molecular complexity index is 1600.